The Morgan fingerprint density at radius 3 is 3.00 bits per heavy atom. The molecule has 1 saturated heterocycles. The molecular formula is C15H16ClN3O2. The van der Waals surface area contributed by atoms with Gasteiger partial charge in [0.25, 0.3) is 5.91 Å². The zero-order valence-corrected chi connectivity index (χ0v) is 12.4. The molecule has 2 N–H and O–H groups in total. The molecule has 0 spiro atoms. The second-order valence-corrected chi connectivity index (χ2v) is 5.69. The fourth-order valence-corrected chi connectivity index (χ4v) is 2.83. The molecule has 6 heteroatoms. The van der Waals surface area contributed by atoms with Gasteiger partial charge in [0.1, 0.15) is 11.7 Å². The summed E-state index contributed by atoms with van der Waals surface area (Å²) in [5, 5.41) is 7.13. The maximum Gasteiger partial charge on any atom is 0.268 e. The standard InChI is InChI=1S/C15H16ClN3O2/c1-19-12-8-10(16)5-4-9(12)7-13(19)15(21)18-11-3-2-6-17-14(11)20/h4-5,7-8,11H,2-3,6H2,1H3,(H,17,20)(H,18,21)/t11-/m1/s1. The van der Waals surface area contributed by atoms with Crippen LogP contribution in [0.4, 0.5) is 0 Å². The van der Waals surface area contributed by atoms with E-state index in [2.05, 4.69) is 10.6 Å². The molecule has 1 aliphatic rings. The lowest BCUT2D eigenvalue weighted by Gasteiger charge is -2.22. The Morgan fingerprint density at radius 1 is 1.43 bits per heavy atom. The molecule has 0 unspecified atom stereocenters. The molecule has 5 nitrogen and oxygen atoms in total. The largest absolute Gasteiger partial charge is 0.354 e. The van der Waals surface area contributed by atoms with Crippen LogP contribution in [0.3, 0.4) is 0 Å². The number of carbonyl (C=O) groups is 2. The Hall–Kier alpha value is -2.01. The van der Waals surface area contributed by atoms with Gasteiger partial charge in [-0.2, -0.15) is 0 Å². The van der Waals surface area contributed by atoms with Crippen molar-refractivity contribution in [2.75, 3.05) is 6.54 Å². The van der Waals surface area contributed by atoms with Gasteiger partial charge in [0.15, 0.2) is 0 Å². The lowest BCUT2D eigenvalue weighted by Crippen LogP contribution is -2.50. The molecule has 21 heavy (non-hydrogen) atoms. The quantitative estimate of drug-likeness (QED) is 0.889. The van der Waals surface area contributed by atoms with E-state index in [0.29, 0.717) is 23.7 Å². The van der Waals surface area contributed by atoms with Crippen molar-refractivity contribution < 1.29 is 9.59 Å². The molecule has 1 atom stereocenters. The highest BCUT2D eigenvalue weighted by Crippen LogP contribution is 2.22. The number of nitrogens with one attached hydrogen (secondary N) is 2. The van der Waals surface area contributed by atoms with Gasteiger partial charge in [-0.25, -0.2) is 0 Å². The van der Waals surface area contributed by atoms with Crippen LogP contribution in [-0.2, 0) is 11.8 Å². The smallest absolute Gasteiger partial charge is 0.268 e. The number of rotatable bonds is 2. The third kappa shape index (κ3) is 2.61. The topological polar surface area (TPSA) is 63.1 Å². The second-order valence-electron chi connectivity index (χ2n) is 5.25. The van der Waals surface area contributed by atoms with Gasteiger partial charge in [0.2, 0.25) is 5.91 Å². The molecule has 2 aromatic rings. The maximum absolute atomic E-state index is 12.4. The van der Waals surface area contributed by atoms with E-state index in [4.69, 9.17) is 11.6 Å². The number of fused-ring (bicyclic) bond motifs is 1. The highest BCUT2D eigenvalue weighted by molar-refractivity contribution is 6.31. The first-order valence-electron chi connectivity index (χ1n) is 6.90. The molecule has 0 aliphatic carbocycles. The van der Waals surface area contributed by atoms with E-state index in [-0.39, 0.29) is 11.8 Å². The lowest BCUT2D eigenvalue weighted by atomic mass is 10.1. The fraction of sp³-hybridized carbons (Fsp3) is 0.333. The van der Waals surface area contributed by atoms with Crippen LogP contribution >= 0.6 is 11.6 Å². The Labute approximate surface area is 127 Å². The molecule has 0 bridgehead atoms. The summed E-state index contributed by atoms with van der Waals surface area (Å²) in [6, 6.07) is 6.85. The second kappa shape index (κ2) is 5.41. The predicted molar refractivity (Wildman–Crippen MR) is 81.4 cm³/mol. The molecule has 2 heterocycles. The third-order valence-corrected chi connectivity index (χ3v) is 4.07. The van der Waals surface area contributed by atoms with Crippen LogP contribution in [0.15, 0.2) is 24.3 Å². The zero-order chi connectivity index (χ0) is 15.0. The van der Waals surface area contributed by atoms with Crippen molar-refractivity contribution in [1.29, 1.82) is 0 Å². The Kier molecular flexibility index (Phi) is 3.59. The van der Waals surface area contributed by atoms with Crippen LogP contribution in [0.2, 0.25) is 5.02 Å². The van der Waals surface area contributed by atoms with E-state index >= 15 is 0 Å². The van der Waals surface area contributed by atoms with E-state index in [1.54, 1.807) is 10.6 Å². The maximum atomic E-state index is 12.4. The zero-order valence-electron chi connectivity index (χ0n) is 11.6. The summed E-state index contributed by atoms with van der Waals surface area (Å²) in [5.41, 5.74) is 1.41. The number of amides is 2. The van der Waals surface area contributed by atoms with Crippen molar-refractivity contribution in [3.05, 3.63) is 35.0 Å². The number of hydrogen-bond donors (Lipinski definition) is 2. The van der Waals surface area contributed by atoms with Crippen molar-refractivity contribution in [3.8, 4) is 0 Å². The van der Waals surface area contributed by atoms with Gasteiger partial charge in [0.05, 0.1) is 0 Å². The Balaban J connectivity index is 1.87. The molecule has 1 fully saturated rings. The van der Waals surface area contributed by atoms with Gasteiger partial charge in [0, 0.05) is 29.5 Å². The number of halogens is 1. The van der Waals surface area contributed by atoms with Gasteiger partial charge in [-0.15, -0.1) is 0 Å². The van der Waals surface area contributed by atoms with Crippen LogP contribution in [0.5, 0.6) is 0 Å². The number of nitrogens with zero attached hydrogens (tertiary/aromatic N) is 1. The molecule has 1 aliphatic heterocycles. The Bertz CT molecular complexity index is 723. The monoisotopic (exact) mass is 305 g/mol. The average Bonchev–Trinajstić information content (AvgIpc) is 2.79. The van der Waals surface area contributed by atoms with E-state index in [1.165, 1.54) is 0 Å². The van der Waals surface area contributed by atoms with Gasteiger partial charge in [-0.1, -0.05) is 17.7 Å². The first kappa shape index (κ1) is 13.9. The summed E-state index contributed by atoms with van der Waals surface area (Å²) in [6.07, 6.45) is 1.55. The van der Waals surface area contributed by atoms with Crippen molar-refractivity contribution in [2.45, 2.75) is 18.9 Å². The summed E-state index contributed by atoms with van der Waals surface area (Å²) in [4.78, 5) is 24.1. The Morgan fingerprint density at radius 2 is 2.24 bits per heavy atom. The molecular weight excluding hydrogens is 290 g/mol. The van der Waals surface area contributed by atoms with Crippen molar-refractivity contribution >= 4 is 34.3 Å². The first-order valence-corrected chi connectivity index (χ1v) is 7.27. The van der Waals surface area contributed by atoms with E-state index < -0.39 is 6.04 Å². The molecule has 1 aromatic carbocycles. The minimum absolute atomic E-state index is 0.114. The van der Waals surface area contributed by atoms with Crippen LogP contribution < -0.4 is 10.6 Å². The summed E-state index contributed by atoms with van der Waals surface area (Å²) < 4.78 is 1.79. The third-order valence-electron chi connectivity index (χ3n) is 3.83. The van der Waals surface area contributed by atoms with Crippen LogP contribution in [-0.4, -0.2) is 29.0 Å². The molecule has 0 saturated carbocycles. The normalized spacial score (nSPS) is 18.6. The van der Waals surface area contributed by atoms with Gasteiger partial charge in [-0.05, 0) is 31.0 Å². The van der Waals surface area contributed by atoms with Crippen LogP contribution in [0, 0.1) is 0 Å². The van der Waals surface area contributed by atoms with E-state index in [0.717, 1.165) is 17.3 Å². The fourth-order valence-electron chi connectivity index (χ4n) is 2.66. The van der Waals surface area contributed by atoms with E-state index in [1.807, 2.05) is 25.2 Å². The van der Waals surface area contributed by atoms with Crippen molar-refractivity contribution in [3.63, 3.8) is 0 Å². The van der Waals surface area contributed by atoms with Crippen LogP contribution in [0.25, 0.3) is 10.9 Å². The molecule has 2 amide bonds. The SMILES string of the molecule is Cn1c(C(=O)N[C@@H]2CCCNC2=O)cc2ccc(Cl)cc21. The van der Waals surface area contributed by atoms with Gasteiger partial charge in [-0.3, -0.25) is 9.59 Å². The van der Waals surface area contributed by atoms with Crippen molar-refractivity contribution in [2.24, 2.45) is 7.05 Å². The number of aryl methyl sites for hydroxylation is 1. The highest BCUT2D eigenvalue weighted by atomic mass is 35.5. The summed E-state index contributed by atoms with van der Waals surface area (Å²) in [7, 11) is 1.81. The summed E-state index contributed by atoms with van der Waals surface area (Å²) in [6.45, 7) is 0.678. The van der Waals surface area contributed by atoms with E-state index in [9.17, 15) is 9.59 Å². The summed E-state index contributed by atoms with van der Waals surface area (Å²) >= 11 is 5.99. The first-order chi connectivity index (χ1) is 10.1. The number of piperidine rings is 1. The number of hydrogen-bond acceptors (Lipinski definition) is 2. The number of benzene rings is 1. The molecule has 1 aromatic heterocycles. The number of aromatic nitrogens is 1. The minimum Gasteiger partial charge on any atom is -0.354 e. The molecule has 3 rings (SSSR count). The van der Waals surface area contributed by atoms with Gasteiger partial charge >= 0.3 is 0 Å². The van der Waals surface area contributed by atoms with Crippen LogP contribution in [0.1, 0.15) is 23.3 Å². The minimum atomic E-state index is -0.451. The lowest BCUT2D eigenvalue weighted by molar-refractivity contribution is -0.124. The highest BCUT2D eigenvalue weighted by Gasteiger charge is 2.25. The predicted octanol–water partition coefficient (Wildman–Crippen LogP) is 1.84. The number of carbonyl (C=O) groups excluding carboxylic acids is 2. The average molecular weight is 306 g/mol. The molecule has 0 radical (unpaired) electrons. The summed E-state index contributed by atoms with van der Waals surface area (Å²) in [5.74, 6) is -0.358. The van der Waals surface area contributed by atoms with Crippen molar-refractivity contribution in [1.82, 2.24) is 15.2 Å². The van der Waals surface area contributed by atoms with Gasteiger partial charge < -0.3 is 15.2 Å². The molecule has 110 valence electrons.